The van der Waals surface area contributed by atoms with Gasteiger partial charge in [0.15, 0.2) is 5.69 Å². The number of esters is 1. The Kier molecular flexibility index (Phi) is 10.4. The van der Waals surface area contributed by atoms with Crippen LogP contribution in [0.1, 0.15) is 50.2 Å². The van der Waals surface area contributed by atoms with Crippen molar-refractivity contribution in [3.8, 4) is 22.7 Å². The number of nitrogens with one attached hydrogen (secondary N) is 2. The molecule has 2 amide bonds. The molecule has 3 rings (SSSR count). The minimum atomic E-state index is -0.881. The minimum Gasteiger partial charge on any atom is -0.494 e. The van der Waals surface area contributed by atoms with E-state index in [9.17, 15) is 14.4 Å². The lowest BCUT2D eigenvalue weighted by atomic mass is 9.85. The van der Waals surface area contributed by atoms with Gasteiger partial charge in [-0.15, -0.1) is 0 Å². The summed E-state index contributed by atoms with van der Waals surface area (Å²) in [6.45, 7) is 9.46. The van der Waals surface area contributed by atoms with Crippen molar-refractivity contribution < 1.29 is 23.9 Å². The van der Waals surface area contributed by atoms with Crippen LogP contribution in [0.25, 0.3) is 16.9 Å². The third kappa shape index (κ3) is 7.80. The first-order valence-electron chi connectivity index (χ1n) is 13.1. The standard InChI is InChI=1S/C30H36Cl2N4O5/c1-17(14-24(37)41-7)16-33-29(39)27(30(3,4)5)34-28(38)25-18(2)26(19-8-10-20(31)11-9-19)36(35-25)22-13-12-21(32)15-23(22)40-6/h8-13,15,17,27H,14,16H2,1-7H3,(H,33,39)(H,34,38). The number of halogens is 2. The monoisotopic (exact) mass is 602 g/mol. The zero-order valence-corrected chi connectivity index (χ0v) is 25.8. The van der Waals surface area contributed by atoms with Crippen molar-refractivity contribution in [3.63, 3.8) is 0 Å². The Morgan fingerprint density at radius 2 is 1.66 bits per heavy atom. The van der Waals surface area contributed by atoms with Gasteiger partial charge in [0.1, 0.15) is 17.5 Å². The van der Waals surface area contributed by atoms with Gasteiger partial charge in [-0.25, -0.2) is 4.68 Å². The maximum absolute atomic E-state index is 13.7. The number of carbonyl (C=O) groups excluding carboxylic acids is 3. The number of hydrogen-bond acceptors (Lipinski definition) is 6. The van der Waals surface area contributed by atoms with Gasteiger partial charge in [0.05, 0.1) is 19.9 Å². The predicted molar refractivity (Wildman–Crippen MR) is 160 cm³/mol. The average Bonchev–Trinajstić information content (AvgIpc) is 3.26. The Morgan fingerprint density at radius 3 is 2.24 bits per heavy atom. The van der Waals surface area contributed by atoms with Crippen LogP contribution < -0.4 is 15.4 Å². The van der Waals surface area contributed by atoms with E-state index in [0.29, 0.717) is 32.7 Å². The van der Waals surface area contributed by atoms with Crippen LogP contribution in [0.2, 0.25) is 10.0 Å². The van der Waals surface area contributed by atoms with Crippen molar-refractivity contribution in [2.75, 3.05) is 20.8 Å². The molecule has 9 nitrogen and oxygen atoms in total. The first-order chi connectivity index (χ1) is 19.3. The number of aromatic nitrogens is 2. The molecule has 0 aliphatic carbocycles. The second kappa shape index (κ2) is 13.4. The summed E-state index contributed by atoms with van der Waals surface area (Å²) < 4.78 is 11.9. The highest BCUT2D eigenvalue weighted by Crippen LogP contribution is 2.34. The molecule has 0 fully saturated rings. The van der Waals surface area contributed by atoms with Crippen molar-refractivity contribution in [2.45, 2.75) is 47.1 Å². The Bertz CT molecular complexity index is 1410. The molecule has 2 unspecified atom stereocenters. The minimum absolute atomic E-state index is 0.142. The van der Waals surface area contributed by atoms with E-state index >= 15 is 0 Å². The van der Waals surface area contributed by atoms with E-state index in [1.807, 2.05) is 39.8 Å². The Hall–Kier alpha value is -3.56. The molecule has 220 valence electrons. The molecule has 0 saturated carbocycles. The number of hydrogen-bond donors (Lipinski definition) is 2. The number of ether oxygens (including phenoxy) is 2. The Morgan fingerprint density at radius 1 is 1.02 bits per heavy atom. The zero-order valence-electron chi connectivity index (χ0n) is 24.3. The second-order valence-corrected chi connectivity index (χ2v) is 11.8. The summed E-state index contributed by atoms with van der Waals surface area (Å²) in [5.74, 6) is -0.904. The topological polar surface area (TPSA) is 112 Å². The van der Waals surface area contributed by atoms with Crippen molar-refractivity contribution >= 4 is 41.0 Å². The third-order valence-electron chi connectivity index (χ3n) is 6.60. The molecular formula is C30H36Cl2N4O5. The van der Waals surface area contributed by atoms with E-state index < -0.39 is 17.4 Å². The molecule has 1 aromatic heterocycles. The van der Waals surface area contributed by atoms with E-state index in [0.717, 1.165) is 5.56 Å². The largest absolute Gasteiger partial charge is 0.494 e. The highest BCUT2D eigenvalue weighted by atomic mass is 35.5. The van der Waals surface area contributed by atoms with Crippen LogP contribution in [-0.2, 0) is 14.3 Å². The van der Waals surface area contributed by atoms with Crippen LogP contribution in [0.3, 0.4) is 0 Å². The summed E-state index contributed by atoms with van der Waals surface area (Å²) >= 11 is 12.3. The quantitative estimate of drug-likeness (QED) is 0.291. The van der Waals surface area contributed by atoms with Gasteiger partial charge < -0.3 is 20.1 Å². The van der Waals surface area contributed by atoms with Gasteiger partial charge in [0.25, 0.3) is 5.91 Å². The van der Waals surface area contributed by atoms with Crippen molar-refractivity contribution in [1.82, 2.24) is 20.4 Å². The fourth-order valence-electron chi connectivity index (χ4n) is 4.35. The van der Waals surface area contributed by atoms with Crippen LogP contribution in [-0.4, -0.2) is 54.4 Å². The van der Waals surface area contributed by atoms with Gasteiger partial charge in [0, 0.05) is 40.2 Å². The third-order valence-corrected chi connectivity index (χ3v) is 7.08. The highest BCUT2D eigenvalue weighted by Gasteiger charge is 2.35. The van der Waals surface area contributed by atoms with Gasteiger partial charge in [-0.05, 0) is 42.5 Å². The van der Waals surface area contributed by atoms with E-state index in [-0.39, 0.29) is 36.5 Å². The summed E-state index contributed by atoms with van der Waals surface area (Å²) in [5.41, 5.74) is 2.13. The molecular weight excluding hydrogens is 567 g/mol. The summed E-state index contributed by atoms with van der Waals surface area (Å²) in [6.07, 6.45) is 0.168. The molecule has 0 bridgehead atoms. The van der Waals surface area contributed by atoms with Gasteiger partial charge in [0.2, 0.25) is 5.91 Å². The lowest BCUT2D eigenvalue weighted by Crippen LogP contribution is -2.54. The summed E-state index contributed by atoms with van der Waals surface area (Å²) in [4.78, 5) is 38.6. The van der Waals surface area contributed by atoms with E-state index in [4.69, 9.17) is 37.8 Å². The Labute approximate surface area is 250 Å². The molecule has 0 saturated heterocycles. The summed E-state index contributed by atoms with van der Waals surface area (Å²) in [6, 6.07) is 11.5. The lowest BCUT2D eigenvalue weighted by Gasteiger charge is -2.30. The van der Waals surface area contributed by atoms with E-state index in [1.54, 1.807) is 41.9 Å². The molecule has 0 aliphatic rings. The first kappa shape index (κ1) is 32.0. The van der Waals surface area contributed by atoms with Crippen molar-refractivity contribution in [2.24, 2.45) is 11.3 Å². The van der Waals surface area contributed by atoms with Crippen LogP contribution in [0, 0.1) is 18.3 Å². The second-order valence-electron chi connectivity index (χ2n) is 11.0. The molecule has 0 aliphatic heterocycles. The number of carbonyl (C=O) groups is 3. The van der Waals surface area contributed by atoms with Crippen LogP contribution in [0.4, 0.5) is 0 Å². The SMILES string of the molecule is COC(=O)CC(C)CNC(=O)C(NC(=O)c1nn(-c2ccc(Cl)cc2OC)c(-c2ccc(Cl)cc2)c1C)C(C)(C)C. The maximum Gasteiger partial charge on any atom is 0.305 e. The van der Waals surface area contributed by atoms with Gasteiger partial charge in [-0.2, -0.15) is 5.10 Å². The van der Waals surface area contributed by atoms with E-state index in [1.165, 1.54) is 14.2 Å². The molecule has 3 aromatic rings. The lowest BCUT2D eigenvalue weighted by molar-refractivity contribution is -0.141. The number of amides is 2. The average molecular weight is 604 g/mol. The smallest absolute Gasteiger partial charge is 0.305 e. The van der Waals surface area contributed by atoms with Gasteiger partial charge in [-0.3, -0.25) is 14.4 Å². The van der Waals surface area contributed by atoms with Crippen molar-refractivity contribution in [3.05, 3.63) is 63.8 Å². The van der Waals surface area contributed by atoms with Crippen LogP contribution in [0.5, 0.6) is 5.75 Å². The van der Waals surface area contributed by atoms with Crippen LogP contribution in [0.15, 0.2) is 42.5 Å². The number of nitrogens with zero attached hydrogens (tertiary/aromatic N) is 2. The number of benzene rings is 2. The molecule has 11 heteroatoms. The van der Waals surface area contributed by atoms with Crippen molar-refractivity contribution in [1.29, 1.82) is 0 Å². The molecule has 2 aromatic carbocycles. The van der Waals surface area contributed by atoms with Crippen LogP contribution >= 0.6 is 23.2 Å². The molecule has 41 heavy (non-hydrogen) atoms. The zero-order chi connectivity index (χ0) is 30.5. The van der Waals surface area contributed by atoms with E-state index in [2.05, 4.69) is 10.6 Å². The molecule has 1 heterocycles. The first-order valence-corrected chi connectivity index (χ1v) is 13.9. The maximum atomic E-state index is 13.7. The number of methoxy groups -OCH3 is 2. The van der Waals surface area contributed by atoms with Gasteiger partial charge in [-0.1, -0.05) is 63.0 Å². The fraction of sp³-hybridized carbons (Fsp3) is 0.400. The Balaban J connectivity index is 2.00. The molecule has 2 N–H and O–H groups in total. The summed E-state index contributed by atoms with van der Waals surface area (Å²) in [7, 11) is 2.85. The molecule has 0 radical (unpaired) electrons. The fourth-order valence-corrected chi connectivity index (χ4v) is 4.64. The highest BCUT2D eigenvalue weighted by molar-refractivity contribution is 6.31. The summed E-state index contributed by atoms with van der Waals surface area (Å²) in [5, 5.41) is 11.5. The predicted octanol–water partition coefficient (Wildman–Crippen LogP) is 5.62. The number of rotatable bonds is 10. The van der Waals surface area contributed by atoms with Gasteiger partial charge >= 0.3 is 5.97 Å². The molecule has 2 atom stereocenters. The molecule has 0 spiro atoms. The normalized spacial score (nSPS) is 12.8.